The van der Waals surface area contributed by atoms with Crippen molar-refractivity contribution in [1.82, 2.24) is 14.5 Å². The van der Waals surface area contributed by atoms with Gasteiger partial charge >= 0.3 is 0 Å². The molecule has 1 atom stereocenters. The topological polar surface area (TPSA) is 30.7 Å². The average molecular weight is 270 g/mol. The van der Waals surface area contributed by atoms with E-state index in [0.29, 0.717) is 11.1 Å². The van der Waals surface area contributed by atoms with E-state index in [2.05, 4.69) is 14.5 Å². The van der Waals surface area contributed by atoms with Crippen LogP contribution < -0.4 is 0 Å². The highest BCUT2D eigenvalue weighted by Crippen LogP contribution is 2.37. The van der Waals surface area contributed by atoms with Crippen molar-refractivity contribution in [2.75, 3.05) is 0 Å². The first-order valence-electron chi connectivity index (χ1n) is 5.84. The molecule has 5 heteroatoms. The van der Waals surface area contributed by atoms with Crippen LogP contribution in [-0.4, -0.2) is 14.5 Å². The van der Waals surface area contributed by atoms with Crippen LogP contribution in [0.25, 0.3) is 11.2 Å². The highest BCUT2D eigenvalue weighted by Gasteiger charge is 2.26. The summed E-state index contributed by atoms with van der Waals surface area (Å²) in [5.41, 5.74) is 1.74. The van der Waals surface area contributed by atoms with Gasteiger partial charge in [0.1, 0.15) is 11.3 Å². The van der Waals surface area contributed by atoms with Crippen molar-refractivity contribution in [2.45, 2.75) is 37.6 Å². The summed E-state index contributed by atoms with van der Waals surface area (Å²) in [6, 6.07) is 2.35. The van der Waals surface area contributed by atoms with Crippen molar-refractivity contribution in [3.8, 4) is 0 Å². The van der Waals surface area contributed by atoms with E-state index >= 15 is 0 Å². The molecule has 0 saturated heterocycles. The largest absolute Gasteiger partial charge is 0.308 e. The summed E-state index contributed by atoms with van der Waals surface area (Å²) in [5.74, 6) is 0.904. The number of hydrogen-bond acceptors (Lipinski definition) is 2. The van der Waals surface area contributed by atoms with Crippen molar-refractivity contribution >= 4 is 34.4 Å². The second-order valence-corrected chi connectivity index (χ2v) is 5.63. The van der Waals surface area contributed by atoms with E-state index < -0.39 is 0 Å². The first-order chi connectivity index (χ1) is 8.16. The number of alkyl halides is 1. The van der Waals surface area contributed by atoms with Gasteiger partial charge in [0, 0.05) is 12.2 Å². The van der Waals surface area contributed by atoms with E-state index in [4.69, 9.17) is 23.2 Å². The lowest BCUT2D eigenvalue weighted by Gasteiger charge is -2.29. The smallest absolute Gasteiger partial charge is 0.160 e. The zero-order chi connectivity index (χ0) is 12.0. The molecule has 0 aliphatic heterocycles. The normalized spacial score (nSPS) is 18.3. The Morgan fingerprint density at radius 1 is 1.47 bits per heavy atom. The van der Waals surface area contributed by atoms with Gasteiger partial charge < -0.3 is 4.57 Å². The maximum Gasteiger partial charge on any atom is 0.160 e. The molecule has 90 valence electrons. The molecule has 2 heterocycles. The Morgan fingerprint density at radius 3 is 2.82 bits per heavy atom. The quantitative estimate of drug-likeness (QED) is 0.769. The molecule has 0 aromatic carbocycles. The van der Waals surface area contributed by atoms with Crippen LogP contribution in [0.3, 0.4) is 0 Å². The number of halogens is 2. The number of rotatable bonds is 2. The Kier molecular flexibility index (Phi) is 2.75. The Hall–Kier alpha value is -0.800. The fraction of sp³-hybridized carbons (Fsp3) is 0.500. The minimum atomic E-state index is -0.108. The van der Waals surface area contributed by atoms with Crippen molar-refractivity contribution in [2.24, 2.45) is 0 Å². The fourth-order valence-electron chi connectivity index (χ4n) is 2.26. The molecule has 0 N–H and O–H groups in total. The van der Waals surface area contributed by atoms with Gasteiger partial charge in [-0.1, -0.05) is 11.6 Å². The molecule has 3 rings (SSSR count). The maximum atomic E-state index is 6.20. The van der Waals surface area contributed by atoms with Gasteiger partial charge in [-0.2, -0.15) is 0 Å². The van der Waals surface area contributed by atoms with Gasteiger partial charge in [-0.15, -0.1) is 11.6 Å². The van der Waals surface area contributed by atoms with Crippen LogP contribution in [0.4, 0.5) is 0 Å². The van der Waals surface area contributed by atoms with Crippen molar-refractivity contribution in [3.05, 3.63) is 23.1 Å². The molecular formula is C12H13Cl2N3. The average Bonchev–Trinajstić information content (AvgIpc) is 2.54. The van der Waals surface area contributed by atoms with E-state index in [9.17, 15) is 0 Å². The van der Waals surface area contributed by atoms with Crippen LogP contribution >= 0.6 is 23.2 Å². The number of pyridine rings is 1. The first kappa shape index (κ1) is 11.3. The molecule has 17 heavy (non-hydrogen) atoms. The van der Waals surface area contributed by atoms with Gasteiger partial charge in [-0.05, 0) is 32.3 Å². The fourth-order valence-corrected chi connectivity index (χ4v) is 2.57. The predicted molar refractivity (Wildman–Crippen MR) is 69.7 cm³/mol. The summed E-state index contributed by atoms with van der Waals surface area (Å²) in [6.45, 7) is 1.94. The predicted octanol–water partition coefficient (Wildman–Crippen LogP) is 4.11. The van der Waals surface area contributed by atoms with Gasteiger partial charge in [0.15, 0.2) is 5.65 Å². The molecular weight excluding hydrogens is 257 g/mol. The lowest BCUT2D eigenvalue weighted by atomic mass is 9.92. The summed E-state index contributed by atoms with van der Waals surface area (Å²) in [7, 11) is 0. The molecule has 0 spiro atoms. The maximum absolute atomic E-state index is 6.20. The lowest BCUT2D eigenvalue weighted by Crippen LogP contribution is -2.19. The first-order valence-corrected chi connectivity index (χ1v) is 6.65. The highest BCUT2D eigenvalue weighted by molar-refractivity contribution is 6.31. The molecule has 2 aromatic rings. The van der Waals surface area contributed by atoms with E-state index in [0.717, 1.165) is 17.0 Å². The van der Waals surface area contributed by atoms with Gasteiger partial charge in [0.05, 0.1) is 10.4 Å². The zero-order valence-corrected chi connectivity index (χ0v) is 11.0. The lowest BCUT2D eigenvalue weighted by molar-refractivity contribution is 0.312. The summed E-state index contributed by atoms with van der Waals surface area (Å²) in [6.07, 6.45) is 5.32. The third-order valence-electron chi connectivity index (χ3n) is 3.32. The summed E-state index contributed by atoms with van der Waals surface area (Å²) in [5, 5.41) is 0.508. The third-order valence-corrected chi connectivity index (χ3v) is 3.72. The monoisotopic (exact) mass is 269 g/mol. The minimum absolute atomic E-state index is 0.108. The summed E-state index contributed by atoms with van der Waals surface area (Å²) in [4.78, 5) is 8.96. The molecule has 1 aliphatic rings. The Bertz CT molecular complexity index is 558. The molecule has 0 radical (unpaired) electrons. The summed E-state index contributed by atoms with van der Waals surface area (Å²) < 4.78 is 2.19. The number of imidazole rings is 1. The third kappa shape index (κ3) is 1.81. The molecule has 1 saturated carbocycles. The van der Waals surface area contributed by atoms with Crippen LogP contribution in [0.15, 0.2) is 12.3 Å². The Balaban J connectivity index is 2.23. The van der Waals surface area contributed by atoms with Crippen molar-refractivity contribution in [1.29, 1.82) is 0 Å². The van der Waals surface area contributed by atoms with Gasteiger partial charge in [-0.25, -0.2) is 9.97 Å². The van der Waals surface area contributed by atoms with Crippen molar-refractivity contribution < 1.29 is 0 Å². The van der Waals surface area contributed by atoms with Crippen LogP contribution in [-0.2, 0) is 0 Å². The van der Waals surface area contributed by atoms with Gasteiger partial charge in [0.2, 0.25) is 0 Å². The Morgan fingerprint density at radius 2 is 2.24 bits per heavy atom. The molecule has 1 aliphatic carbocycles. The van der Waals surface area contributed by atoms with Crippen LogP contribution in [0, 0.1) is 0 Å². The van der Waals surface area contributed by atoms with E-state index in [1.807, 2.05) is 13.0 Å². The van der Waals surface area contributed by atoms with Gasteiger partial charge in [0.25, 0.3) is 0 Å². The van der Waals surface area contributed by atoms with E-state index in [1.165, 1.54) is 19.3 Å². The number of fused-ring (bicyclic) bond motifs is 1. The second-order valence-electron chi connectivity index (χ2n) is 4.54. The standard InChI is InChI=1S/C12H13Cl2N3/c1-7(13)11-16-10-5-8(14)6-15-12(10)17(11)9-3-2-4-9/h5-7,9H,2-4H2,1H3. The molecule has 0 amide bonds. The molecule has 1 fully saturated rings. The van der Waals surface area contributed by atoms with Crippen molar-refractivity contribution in [3.63, 3.8) is 0 Å². The molecule has 1 unspecified atom stereocenters. The van der Waals surface area contributed by atoms with Crippen LogP contribution in [0.2, 0.25) is 5.02 Å². The summed E-state index contributed by atoms with van der Waals surface area (Å²) >= 11 is 12.1. The number of aromatic nitrogens is 3. The van der Waals surface area contributed by atoms with E-state index in [-0.39, 0.29) is 5.38 Å². The minimum Gasteiger partial charge on any atom is -0.308 e. The number of hydrogen-bond donors (Lipinski definition) is 0. The number of nitrogens with zero attached hydrogens (tertiary/aromatic N) is 3. The van der Waals surface area contributed by atoms with Crippen LogP contribution in [0.1, 0.15) is 43.4 Å². The molecule has 3 nitrogen and oxygen atoms in total. The zero-order valence-electron chi connectivity index (χ0n) is 9.53. The molecule has 0 bridgehead atoms. The Labute approximate surface area is 110 Å². The van der Waals surface area contributed by atoms with Crippen LogP contribution in [0.5, 0.6) is 0 Å². The van der Waals surface area contributed by atoms with E-state index in [1.54, 1.807) is 6.20 Å². The SMILES string of the molecule is CC(Cl)c1nc2cc(Cl)cnc2n1C1CCC1. The highest BCUT2D eigenvalue weighted by atomic mass is 35.5. The second kappa shape index (κ2) is 4.14. The van der Waals surface area contributed by atoms with Gasteiger partial charge in [-0.3, -0.25) is 0 Å². The molecule has 2 aromatic heterocycles.